The monoisotopic (exact) mass is 547 g/mol. The van der Waals surface area contributed by atoms with Crippen LogP contribution in [0.2, 0.25) is 0 Å². The molecule has 0 aliphatic carbocycles. The number of phenolic OH excluding ortho intramolecular Hbond substituents is 1. The number of amides is 3. The molecule has 8 nitrogen and oxygen atoms in total. The minimum atomic E-state index is -1.08. The number of benzene rings is 3. The Labute approximate surface area is 236 Å². The maximum Gasteiger partial charge on any atom is 0.408 e. The van der Waals surface area contributed by atoms with Crippen molar-refractivity contribution >= 4 is 34.4 Å². The van der Waals surface area contributed by atoms with Crippen molar-refractivity contribution in [3.63, 3.8) is 0 Å². The van der Waals surface area contributed by atoms with Gasteiger partial charge in [-0.05, 0) is 87.6 Å². The topological polar surface area (TPSA) is 108 Å². The van der Waals surface area contributed by atoms with Crippen LogP contribution >= 0.6 is 0 Å². The summed E-state index contributed by atoms with van der Waals surface area (Å²) in [5, 5.41) is 18.0. The first-order chi connectivity index (χ1) is 18.7. The fraction of sp³-hybridized carbons (Fsp3) is 0.406. The van der Waals surface area contributed by atoms with E-state index >= 15 is 0 Å². The molecule has 0 bridgehead atoms. The van der Waals surface area contributed by atoms with E-state index in [1.807, 2.05) is 70.2 Å². The summed E-state index contributed by atoms with van der Waals surface area (Å²) in [5.41, 5.74) is 0.286. The second kappa shape index (κ2) is 12.9. The van der Waals surface area contributed by atoms with Crippen LogP contribution in [-0.4, -0.2) is 45.6 Å². The van der Waals surface area contributed by atoms with Gasteiger partial charge in [0.1, 0.15) is 23.4 Å². The minimum absolute atomic E-state index is 0.0252. The first kappa shape index (κ1) is 30.5. The van der Waals surface area contributed by atoms with Crippen LogP contribution in [0.3, 0.4) is 0 Å². The predicted octanol–water partition coefficient (Wildman–Crippen LogP) is 6.40. The van der Waals surface area contributed by atoms with E-state index in [1.54, 1.807) is 32.9 Å². The third-order valence-corrected chi connectivity index (χ3v) is 6.24. The Kier molecular flexibility index (Phi) is 9.79. The van der Waals surface area contributed by atoms with Crippen LogP contribution < -0.4 is 10.6 Å². The minimum Gasteiger partial charge on any atom is -0.508 e. The predicted molar refractivity (Wildman–Crippen MR) is 158 cm³/mol. The van der Waals surface area contributed by atoms with Gasteiger partial charge in [-0.25, -0.2) is 4.79 Å². The van der Waals surface area contributed by atoms with Crippen molar-refractivity contribution in [3.8, 4) is 5.75 Å². The van der Waals surface area contributed by atoms with E-state index in [2.05, 4.69) is 10.6 Å². The fourth-order valence-corrected chi connectivity index (χ4v) is 4.61. The number of anilines is 1. The van der Waals surface area contributed by atoms with Crippen molar-refractivity contribution in [1.29, 1.82) is 0 Å². The van der Waals surface area contributed by atoms with Gasteiger partial charge < -0.3 is 25.4 Å². The van der Waals surface area contributed by atoms with Gasteiger partial charge >= 0.3 is 6.09 Å². The number of aromatic hydroxyl groups is 1. The van der Waals surface area contributed by atoms with Gasteiger partial charge in [0, 0.05) is 11.7 Å². The Morgan fingerprint density at radius 3 is 2.17 bits per heavy atom. The first-order valence-electron chi connectivity index (χ1n) is 13.7. The average molecular weight is 548 g/mol. The molecule has 0 spiro atoms. The van der Waals surface area contributed by atoms with Crippen molar-refractivity contribution in [2.75, 3.05) is 5.32 Å². The maximum absolute atomic E-state index is 14.2. The number of ether oxygens (including phenoxy) is 1. The Balaban J connectivity index is 2.01. The highest BCUT2D eigenvalue weighted by molar-refractivity contribution is 6.00. The van der Waals surface area contributed by atoms with Crippen LogP contribution in [0.25, 0.3) is 10.8 Å². The van der Waals surface area contributed by atoms with Gasteiger partial charge in [-0.3, -0.25) is 9.59 Å². The normalized spacial score (nSPS) is 13.1. The first-order valence-corrected chi connectivity index (χ1v) is 13.7. The Morgan fingerprint density at radius 1 is 0.900 bits per heavy atom. The number of alkyl carbamates (subject to hydrolysis) is 1. The van der Waals surface area contributed by atoms with Crippen molar-refractivity contribution in [2.45, 2.75) is 78.6 Å². The zero-order valence-corrected chi connectivity index (χ0v) is 24.4. The van der Waals surface area contributed by atoms with Crippen molar-refractivity contribution in [1.82, 2.24) is 10.2 Å². The molecule has 0 radical (unpaired) electrons. The highest BCUT2D eigenvalue weighted by Gasteiger charge is 2.38. The lowest BCUT2D eigenvalue weighted by atomic mass is 9.97. The molecule has 3 aromatic carbocycles. The van der Waals surface area contributed by atoms with Crippen molar-refractivity contribution in [2.24, 2.45) is 5.92 Å². The van der Waals surface area contributed by atoms with Gasteiger partial charge in [-0.1, -0.05) is 56.3 Å². The summed E-state index contributed by atoms with van der Waals surface area (Å²) in [4.78, 5) is 42.3. The molecule has 3 amide bonds. The summed E-state index contributed by atoms with van der Waals surface area (Å²) in [5.74, 6) is -0.814. The molecule has 0 saturated carbocycles. The van der Waals surface area contributed by atoms with Gasteiger partial charge in [0.2, 0.25) is 5.91 Å². The summed E-state index contributed by atoms with van der Waals surface area (Å²) in [6, 6.07) is 17.3. The molecule has 3 aromatic rings. The van der Waals surface area contributed by atoms with Crippen LogP contribution in [0.5, 0.6) is 5.75 Å². The average Bonchev–Trinajstić information content (AvgIpc) is 2.84. The molecule has 0 fully saturated rings. The number of nitrogens with zero attached hydrogens (tertiary/aromatic N) is 1. The number of carbonyl (C=O) groups is 3. The van der Waals surface area contributed by atoms with Crippen LogP contribution in [0.1, 0.15) is 66.5 Å². The molecule has 0 aliphatic rings. The van der Waals surface area contributed by atoms with E-state index in [1.165, 1.54) is 17.0 Å². The lowest BCUT2D eigenvalue weighted by molar-refractivity contribution is -0.143. The van der Waals surface area contributed by atoms with E-state index in [-0.39, 0.29) is 11.7 Å². The molecule has 3 rings (SSSR count). The van der Waals surface area contributed by atoms with Gasteiger partial charge in [0.25, 0.3) is 5.91 Å². The highest BCUT2D eigenvalue weighted by atomic mass is 16.6. The zero-order chi connectivity index (χ0) is 29.6. The number of nitrogens with one attached hydrogen (secondary N) is 2. The van der Waals surface area contributed by atoms with E-state index < -0.39 is 41.6 Å². The van der Waals surface area contributed by atoms with Crippen LogP contribution in [0.15, 0.2) is 66.7 Å². The van der Waals surface area contributed by atoms with Crippen LogP contribution in [-0.2, 0) is 14.3 Å². The van der Waals surface area contributed by atoms with Crippen molar-refractivity contribution < 1.29 is 24.2 Å². The number of hydrogen-bond acceptors (Lipinski definition) is 5. The third-order valence-electron chi connectivity index (χ3n) is 6.24. The quantitative estimate of drug-likeness (QED) is 0.287. The molecule has 0 aliphatic heterocycles. The zero-order valence-electron chi connectivity index (χ0n) is 24.4. The smallest absolute Gasteiger partial charge is 0.408 e. The summed E-state index contributed by atoms with van der Waals surface area (Å²) in [7, 11) is 0. The van der Waals surface area contributed by atoms with Gasteiger partial charge in [-0.15, -0.1) is 0 Å². The standard InChI is InChI=1S/C32H41N3O5/c1-20(2)17-27(34-31(39)40-32(5,6)7)30(38)35(21(3)4)28(24-13-10-14-26(36)19-24)29(37)33-25-16-15-22-11-8-9-12-23(22)18-25/h8-16,18-21,27-28,36H,17H2,1-7H3,(H,33,37)(H,34,39). The summed E-state index contributed by atoms with van der Waals surface area (Å²) >= 11 is 0. The molecular formula is C32H41N3O5. The summed E-state index contributed by atoms with van der Waals surface area (Å²) in [6.45, 7) is 12.8. The Morgan fingerprint density at radius 2 is 1.57 bits per heavy atom. The molecule has 40 heavy (non-hydrogen) atoms. The molecule has 2 unspecified atom stereocenters. The number of carbonyl (C=O) groups excluding carboxylic acids is 3. The molecule has 214 valence electrons. The third kappa shape index (κ3) is 8.21. The van der Waals surface area contributed by atoms with Crippen LogP contribution in [0, 0.1) is 5.92 Å². The SMILES string of the molecule is CC(C)CC(NC(=O)OC(C)(C)C)C(=O)N(C(C)C)C(C(=O)Nc1ccc2ccccc2c1)c1cccc(O)c1. The fourth-order valence-electron chi connectivity index (χ4n) is 4.61. The lowest BCUT2D eigenvalue weighted by Crippen LogP contribution is -2.54. The maximum atomic E-state index is 14.2. The van der Waals surface area contributed by atoms with E-state index in [0.29, 0.717) is 17.7 Å². The Hall–Kier alpha value is -4.07. The number of rotatable bonds is 9. The molecule has 3 N–H and O–H groups in total. The highest BCUT2D eigenvalue weighted by Crippen LogP contribution is 2.30. The number of hydrogen-bond donors (Lipinski definition) is 3. The van der Waals surface area contributed by atoms with Gasteiger partial charge in [-0.2, -0.15) is 0 Å². The second-order valence-corrected chi connectivity index (χ2v) is 11.7. The van der Waals surface area contributed by atoms with E-state index in [0.717, 1.165) is 10.8 Å². The molecule has 0 aromatic heterocycles. The van der Waals surface area contributed by atoms with Gasteiger partial charge in [0.15, 0.2) is 0 Å². The Bertz CT molecular complexity index is 1350. The second-order valence-electron chi connectivity index (χ2n) is 11.7. The molecule has 8 heteroatoms. The molecular weight excluding hydrogens is 506 g/mol. The van der Waals surface area contributed by atoms with Gasteiger partial charge in [0.05, 0.1) is 0 Å². The summed E-state index contributed by atoms with van der Waals surface area (Å²) < 4.78 is 5.43. The van der Waals surface area contributed by atoms with E-state index in [4.69, 9.17) is 4.74 Å². The molecule has 0 saturated heterocycles. The largest absolute Gasteiger partial charge is 0.508 e. The summed E-state index contributed by atoms with van der Waals surface area (Å²) in [6.07, 6.45) is -0.356. The number of phenols is 1. The molecule has 2 atom stereocenters. The van der Waals surface area contributed by atoms with Crippen LogP contribution in [0.4, 0.5) is 10.5 Å². The number of fused-ring (bicyclic) bond motifs is 1. The molecule has 0 heterocycles. The van der Waals surface area contributed by atoms with E-state index in [9.17, 15) is 19.5 Å². The van der Waals surface area contributed by atoms with Crippen molar-refractivity contribution in [3.05, 3.63) is 72.3 Å². The lowest BCUT2D eigenvalue weighted by Gasteiger charge is -2.37.